The third-order valence-corrected chi connectivity index (χ3v) is 4.49. The number of tetrazole rings is 1. The van der Waals surface area contributed by atoms with Crippen molar-refractivity contribution in [2.24, 2.45) is 0 Å². The molecule has 0 aliphatic heterocycles. The van der Waals surface area contributed by atoms with E-state index in [1.807, 2.05) is 0 Å². The summed E-state index contributed by atoms with van der Waals surface area (Å²) in [4.78, 5) is 0.00120. The first kappa shape index (κ1) is 14.9. The number of hydrogen-bond acceptors (Lipinski definition) is 6. The fraction of sp³-hybridized carbons (Fsp3) is 0.300. The molecule has 0 bridgehead atoms. The van der Waals surface area contributed by atoms with Gasteiger partial charge < -0.3 is 5.11 Å². The van der Waals surface area contributed by atoms with Crippen molar-refractivity contribution in [2.45, 2.75) is 24.5 Å². The van der Waals surface area contributed by atoms with Crippen LogP contribution in [0.3, 0.4) is 0 Å². The Morgan fingerprint density at radius 3 is 2.85 bits per heavy atom. The Balaban J connectivity index is 2.26. The maximum absolute atomic E-state index is 12.2. The molecule has 1 heterocycles. The lowest BCUT2D eigenvalue weighted by atomic mass is 10.2. The summed E-state index contributed by atoms with van der Waals surface area (Å²) in [5.74, 6) is 0.227. The Kier molecular flexibility index (Phi) is 4.33. The minimum absolute atomic E-state index is 0.00120. The van der Waals surface area contributed by atoms with Gasteiger partial charge in [-0.2, -0.15) is 5.21 Å². The molecule has 3 N–H and O–H groups in total. The van der Waals surface area contributed by atoms with Crippen molar-refractivity contribution >= 4 is 21.6 Å². The van der Waals surface area contributed by atoms with Gasteiger partial charge in [0.2, 0.25) is 10.0 Å². The van der Waals surface area contributed by atoms with Gasteiger partial charge in [-0.15, -0.1) is 10.2 Å². The highest BCUT2D eigenvalue weighted by Crippen LogP contribution is 2.21. The number of rotatable bonds is 5. The molecule has 0 fully saturated rings. The average Bonchev–Trinajstić information content (AvgIpc) is 2.92. The van der Waals surface area contributed by atoms with Gasteiger partial charge in [-0.1, -0.05) is 16.8 Å². The summed E-state index contributed by atoms with van der Waals surface area (Å²) in [6.45, 7) is 1.24. The zero-order valence-electron chi connectivity index (χ0n) is 10.4. The molecular formula is C10H12ClN5O3S. The van der Waals surface area contributed by atoms with Crippen molar-refractivity contribution in [1.82, 2.24) is 25.3 Å². The van der Waals surface area contributed by atoms with Gasteiger partial charge in [0.25, 0.3) is 0 Å². The number of hydrogen-bond donors (Lipinski definition) is 3. The normalized spacial score (nSPS) is 13.3. The van der Waals surface area contributed by atoms with Crippen molar-refractivity contribution in [1.29, 1.82) is 0 Å². The second-order valence-corrected chi connectivity index (χ2v) is 6.15. The van der Waals surface area contributed by atoms with Gasteiger partial charge in [-0.25, -0.2) is 13.1 Å². The van der Waals surface area contributed by atoms with E-state index in [2.05, 4.69) is 25.3 Å². The van der Waals surface area contributed by atoms with Gasteiger partial charge in [-0.3, -0.25) is 0 Å². The predicted octanol–water partition coefficient (Wildman–Crippen LogP) is 0.385. The number of H-pyrrole nitrogens is 1. The number of nitrogens with zero attached hydrogens (tertiary/aromatic N) is 3. The van der Waals surface area contributed by atoms with E-state index in [-0.39, 0.29) is 17.3 Å². The first-order valence-electron chi connectivity index (χ1n) is 5.59. The second kappa shape index (κ2) is 5.83. The maximum Gasteiger partial charge on any atom is 0.241 e. The van der Waals surface area contributed by atoms with Crippen molar-refractivity contribution in [3.8, 4) is 0 Å². The lowest BCUT2D eigenvalue weighted by molar-refractivity contribution is 0.281. The Morgan fingerprint density at radius 1 is 1.50 bits per heavy atom. The third kappa shape index (κ3) is 3.12. The van der Waals surface area contributed by atoms with Crippen molar-refractivity contribution in [3.63, 3.8) is 0 Å². The van der Waals surface area contributed by atoms with E-state index in [9.17, 15) is 8.42 Å². The molecule has 20 heavy (non-hydrogen) atoms. The van der Waals surface area contributed by atoms with Crippen LogP contribution in [0.5, 0.6) is 0 Å². The van der Waals surface area contributed by atoms with E-state index in [4.69, 9.17) is 16.7 Å². The van der Waals surface area contributed by atoms with Gasteiger partial charge in [0.05, 0.1) is 17.5 Å². The highest BCUT2D eigenvalue weighted by Gasteiger charge is 2.21. The molecule has 2 rings (SSSR count). The summed E-state index contributed by atoms with van der Waals surface area (Å²) in [6, 6.07) is 3.44. The number of aromatic nitrogens is 4. The summed E-state index contributed by atoms with van der Waals surface area (Å²) in [6.07, 6.45) is 0. The van der Waals surface area contributed by atoms with Crippen LogP contribution in [0, 0.1) is 0 Å². The number of halogens is 1. The molecule has 1 aromatic carbocycles. The summed E-state index contributed by atoms with van der Waals surface area (Å²) >= 11 is 5.83. The Labute approximate surface area is 120 Å². The van der Waals surface area contributed by atoms with E-state index >= 15 is 0 Å². The summed E-state index contributed by atoms with van der Waals surface area (Å²) < 4.78 is 26.8. The number of benzene rings is 1. The molecule has 0 spiro atoms. The van der Waals surface area contributed by atoms with Gasteiger partial charge in [-0.05, 0) is 30.7 Å². The summed E-state index contributed by atoms with van der Waals surface area (Å²) in [5.41, 5.74) is 0.335. The average molecular weight is 318 g/mol. The van der Waals surface area contributed by atoms with Gasteiger partial charge in [0, 0.05) is 5.02 Å². The molecule has 8 nitrogen and oxygen atoms in total. The lowest BCUT2D eigenvalue weighted by Gasteiger charge is -2.12. The van der Waals surface area contributed by atoms with Crippen molar-refractivity contribution in [3.05, 3.63) is 34.6 Å². The lowest BCUT2D eigenvalue weighted by Crippen LogP contribution is -2.27. The first-order chi connectivity index (χ1) is 9.44. The van der Waals surface area contributed by atoms with Crippen LogP contribution < -0.4 is 4.72 Å². The zero-order chi connectivity index (χ0) is 14.8. The van der Waals surface area contributed by atoms with Crippen LogP contribution in [0.1, 0.15) is 24.4 Å². The molecule has 0 aliphatic rings. The van der Waals surface area contributed by atoms with Crippen LogP contribution in [0.4, 0.5) is 0 Å². The van der Waals surface area contributed by atoms with Crippen LogP contribution in [0.25, 0.3) is 0 Å². The van der Waals surface area contributed by atoms with Crippen LogP contribution >= 0.6 is 11.6 Å². The minimum Gasteiger partial charge on any atom is -0.392 e. The van der Waals surface area contributed by atoms with E-state index in [1.54, 1.807) is 6.92 Å². The molecule has 2 aromatic rings. The second-order valence-electron chi connectivity index (χ2n) is 4.02. The van der Waals surface area contributed by atoms with E-state index < -0.39 is 16.1 Å². The molecule has 0 saturated carbocycles. The van der Waals surface area contributed by atoms with E-state index in [0.717, 1.165) is 0 Å². The van der Waals surface area contributed by atoms with Gasteiger partial charge in [0.15, 0.2) is 5.82 Å². The van der Waals surface area contributed by atoms with Crippen molar-refractivity contribution < 1.29 is 13.5 Å². The van der Waals surface area contributed by atoms with Crippen LogP contribution in [0.15, 0.2) is 23.1 Å². The predicted molar refractivity (Wildman–Crippen MR) is 70.3 cm³/mol. The Morgan fingerprint density at radius 2 is 2.25 bits per heavy atom. The molecule has 0 radical (unpaired) electrons. The molecule has 1 unspecified atom stereocenters. The first-order valence-corrected chi connectivity index (χ1v) is 7.45. The zero-order valence-corrected chi connectivity index (χ0v) is 12.0. The van der Waals surface area contributed by atoms with E-state index in [0.29, 0.717) is 10.6 Å². The van der Waals surface area contributed by atoms with Crippen LogP contribution in [-0.2, 0) is 16.6 Å². The number of aliphatic hydroxyl groups excluding tert-OH is 1. The Bertz CT molecular complexity index is 689. The molecule has 10 heteroatoms. The summed E-state index contributed by atoms with van der Waals surface area (Å²) in [7, 11) is -3.78. The number of aliphatic hydroxyl groups is 1. The van der Waals surface area contributed by atoms with Gasteiger partial charge in [0.1, 0.15) is 0 Å². The van der Waals surface area contributed by atoms with Crippen LogP contribution in [0.2, 0.25) is 5.02 Å². The van der Waals surface area contributed by atoms with Gasteiger partial charge >= 0.3 is 0 Å². The molecule has 0 amide bonds. The monoisotopic (exact) mass is 317 g/mol. The third-order valence-electron chi connectivity index (χ3n) is 2.58. The molecule has 1 aromatic heterocycles. The summed E-state index contributed by atoms with van der Waals surface area (Å²) in [5, 5.41) is 22.4. The quantitative estimate of drug-likeness (QED) is 0.733. The SMILES string of the molecule is CC(NS(=O)(=O)c1ccc(Cl)c(CO)c1)c1nn[nH]n1. The van der Waals surface area contributed by atoms with Crippen LogP contribution in [-0.4, -0.2) is 34.1 Å². The number of sulfonamides is 1. The fourth-order valence-electron chi connectivity index (χ4n) is 1.55. The molecular weight excluding hydrogens is 306 g/mol. The highest BCUT2D eigenvalue weighted by atomic mass is 35.5. The minimum atomic E-state index is -3.78. The highest BCUT2D eigenvalue weighted by molar-refractivity contribution is 7.89. The smallest absolute Gasteiger partial charge is 0.241 e. The molecule has 1 atom stereocenters. The molecule has 108 valence electrons. The van der Waals surface area contributed by atoms with Crippen molar-refractivity contribution in [2.75, 3.05) is 0 Å². The standard InChI is InChI=1S/C10H12ClN5O3S/c1-6(10-12-15-16-13-10)14-20(18,19)8-2-3-9(11)7(4-8)5-17/h2-4,6,14,17H,5H2,1H3,(H,12,13,15,16). The molecule has 0 saturated heterocycles. The number of nitrogens with one attached hydrogen (secondary N) is 2. The largest absolute Gasteiger partial charge is 0.392 e. The topological polar surface area (TPSA) is 121 Å². The Hall–Kier alpha value is -1.55. The number of aromatic amines is 1. The molecule has 0 aliphatic carbocycles. The van der Waals surface area contributed by atoms with E-state index in [1.165, 1.54) is 18.2 Å². The maximum atomic E-state index is 12.2. The fourth-order valence-corrected chi connectivity index (χ4v) is 2.97.